The Morgan fingerprint density at radius 1 is 0.333 bits per heavy atom. The van der Waals surface area contributed by atoms with Gasteiger partial charge in [-0.1, -0.05) is 140 Å². The molecule has 0 aliphatic carbocycles. The zero-order chi connectivity index (χ0) is 35.6. The van der Waals surface area contributed by atoms with Gasteiger partial charge in [0.15, 0.2) is 17.5 Å². The summed E-state index contributed by atoms with van der Waals surface area (Å²) in [6.45, 7) is 0. The van der Waals surface area contributed by atoms with Crippen molar-refractivity contribution in [2.45, 2.75) is 0 Å². The molecule has 6 heteroatoms. The highest BCUT2D eigenvalue weighted by atomic mass is 32.1. The van der Waals surface area contributed by atoms with Crippen molar-refractivity contribution in [3.63, 3.8) is 0 Å². The van der Waals surface area contributed by atoms with E-state index in [9.17, 15) is 0 Å². The van der Waals surface area contributed by atoms with Crippen molar-refractivity contribution in [1.82, 2.24) is 19.9 Å². The monoisotopic (exact) mass is 724 g/mol. The summed E-state index contributed by atoms with van der Waals surface area (Å²) in [6.07, 6.45) is 0. The second kappa shape index (κ2) is 12.5. The van der Waals surface area contributed by atoms with E-state index in [1.54, 1.807) is 11.3 Å². The molecule has 3 aromatic heterocycles. The van der Waals surface area contributed by atoms with Crippen LogP contribution in [0, 0.1) is 0 Å². The van der Waals surface area contributed by atoms with Gasteiger partial charge in [0.1, 0.15) is 5.01 Å². The van der Waals surface area contributed by atoms with Gasteiger partial charge in [-0.15, -0.1) is 22.7 Å². The summed E-state index contributed by atoms with van der Waals surface area (Å²) in [7, 11) is 0. The molecular weight excluding hydrogens is 697 g/mol. The molecule has 0 radical (unpaired) electrons. The molecule has 11 rings (SSSR count). The lowest BCUT2D eigenvalue weighted by atomic mass is 9.94. The molecule has 0 spiro atoms. The summed E-state index contributed by atoms with van der Waals surface area (Å²) >= 11 is 3.60. The Bertz CT molecular complexity index is 3160. The number of hydrogen-bond donors (Lipinski definition) is 0. The molecule has 54 heavy (non-hydrogen) atoms. The highest BCUT2D eigenvalue weighted by molar-refractivity contribution is 7.26. The fourth-order valence-corrected chi connectivity index (χ4v) is 9.71. The van der Waals surface area contributed by atoms with Crippen LogP contribution in [0.15, 0.2) is 170 Å². The van der Waals surface area contributed by atoms with E-state index in [1.807, 2.05) is 72.0 Å². The molecule has 0 saturated heterocycles. The van der Waals surface area contributed by atoms with Crippen molar-refractivity contribution in [1.29, 1.82) is 0 Å². The van der Waals surface area contributed by atoms with E-state index in [4.69, 9.17) is 19.9 Å². The van der Waals surface area contributed by atoms with Crippen molar-refractivity contribution in [3.8, 4) is 55.9 Å². The van der Waals surface area contributed by atoms with E-state index in [-0.39, 0.29) is 0 Å². The first-order valence-electron chi connectivity index (χ1n) is 17.9. The number of hydrogen-bond acceptors (Lipinski definition) is 6. The average molecular weight is 725 g/mol. The Kier molecular flexibility index (Phi) is 7.18. The van der Waals surface area contributed by atoms with Gasteiger partial charge in [0.25, 0.3) is 0 Å². The van der Waals surface area contributed by atoms with Crippen LogP contribution in [0.3, 0.4) is 0 Å². The van der Waals surface area contributed by atoms with E-state index in [2.05, 4.69) is 109 Å². The maximum Gasteiger partial charge on any atom is 0.164 e. The molecule has 8 aromatic carbocycles. The topological polar surface area (TPSA) is 51.6 Å². The molecule has 0 fully saturated rings. The maximum absolute atomic E-state index is 5.14. The van der Waals surface area contributed by atoms with Gasteiger partial charge in [-0.25, -0.2) is 19.9 Å². The zero-order valence-corrected chi connectivity index (χ0v) is 30.4. The van der Waals surface area contributed by atoms with E-state index in [0.717, 1.165) is 43.7 Å². The maximum atomic E-state index is 5.14. The summed E-state index contributed by atoms with van der Waals surface area (Å²) in [5.74, 6) is 1.95. The van der Waals surface area contributed by atoms with Crippen LogP contribution in [0.4, 0.5) is 0 Å². The number of rotatable bonds is 5. The Morgan fingerprint density at radius 3 is 1.72 bits per heavy atom. The molecular formula is C48H28N4S2. The predicted octanol–water partition coefficient (Wildman–Crippen LogP) is 13.5. The summed E-state index contributed by atoms with van der Waals surface area (Å²) in [5, 5.41) is 8.36. The largest absolute Gasteiger partial charge is 0.236 e. The fraction of sp³-hybridized carbons (Fsp3) is 0. The highest BCUT2D eigenvalue weighted by Crippen LogP contribution is 2.45. The molecule has 0 atom stereocenters. The van der Waals surface area contributed by atoms with Crippen molar-refractivity contribution in [2.75, 3.05) is 0 Å². The molecule has 0 unspecified atom stereocenters. The van der Waals surface area contributed by atoms with Crippen LogP contribution in [0.25, 0.3) is 108 Å². The van der Waals surface area contributed by atoms with E-state index in [0.29, 0.717) is 17.5 Å². The van der Waals surface area contributed by atoms with Crippen molar-refractivity contribution >= 4 is 74.6 Å². The van der Waals surface area contributed by atoms with E-state index < -0.39 is 0 Å². The number of fused-ring (bicyclic) bond motifs is 6. The lowest BCUT2D eigenvalue weighted by Crippen LogP contribution is -2.00. The molecule has 11 aromatic rings. The first-order chi connectivity index (χ1) is 26.7. The summed E-state index contributed by atoms with van der Waals surface area (Å²) < 4.78 is 3.69. The molecule has 0 bridgehead atoms. The summed E-state index contributed by atoms with van der Waals surface area (Å²) in [5.41, 5.74) is 7.39. The van der Waals surface area contributed by atoms with Gasteiger partial charge >= 0.3 is 0 Å². The van der Waals surface area contributed by atoms with Gasteiger partial charge in [0.2, 0.25) is 0 Å². The molecule has 252 valence electrons. The lowest BCUT2D eigenvalue weighted by molar-refractivity contribution is 1.07. The van der Waals surface area contributed by atoms with E-state index >= 15 is 0 Å². The van der Waals surface area contributed by atoms with Gasteiger partial charge in [-0.05, 0) is 57.4 Å². The third-order valence-electron chi connectivity index (χ3n) is 10.1. The molecule has 0 amide bonds. The zero-order valence-electron chi connectivity index (χ0n) is 28.8. The number of benzene rings is 8. The Labute approximate surface area is 318 Å². The molecule has 0 saturated carbocycles. The normalized spacial score (nSPS) is 11.7. The van der Waals surface area contributed by atoms with Gasteiger partial charge in [-0.3, -0.25) is 0 Å². The van der Waals surface area contributed by atoms with Crippen molar-refractivity contribution < 1.29 is 0 Å². The quantitative estimate of drug-likeness (QED) is 0.177. The van der Waals surface area contributed by atoms with Gasteiger partial charge in [0.05, 0.1) is 10.2 Å². The SMILES string of the molecule is c1ccc(-c2nc(-c3ccccc3)nc(-c3cc(-c4cccc5c4sc4cc6nc(-c7ccc8ccccc8c7)sc6cc45)c4ccccc4c3)n2)cc1. The minimum absolute atomic E-state index is 0.645. The second-order valence-corrected chi connectivity index (χ2v) is 15.5. The van der Waals surface area contributed by atoms with Gasteiger partial charge < -0.3 is 0 Å². The molecule has 0 aliphatic heterocycles. The van der Waals surface area contributed by atoms with Crippen molar-refractivity contribution in [2.24, 2.45) is 0 Å². The third kappa shape index (κ3) is 5.26. The highest BCUT2D eigenvalue weighted by Gasteiger charge is 2.18. The van der Waals surface area contributed by atoms with E-state index in [1.165, 1.54) is 46.6 Å². The minimum Gasteiger partial charge on any atom is -0.236 e. The van der Waals surface area contributed by atoms with Crippen molar-refractivity contribution in [3.05, 3.63) is 170 Å². The van der Waals surface area contributed by atoms with Gasteiger partial charge in [-0.2, -0.15) is 0 Å². The van der Waals surface area contributed by atoms with Crippen LogP contribution < -0.4 is 0 Å². The minimum atomic E-state index is 0.645. The second-order valence-electron chi connectivity index (χ2n) is 13.5. The molecule has 3 heterocycles. The molecule has 0 N–H and O–H groups in total. The van der Waals surface area contributed by atoms with Crippen LogP contribution >= 0.6 is 22.7 Å². The van der Waals surface area contributed by atoms with Crippen LogP contribution in [0.2, 0.25) is 0 Å². The lowest BCUT2D eigenvalue weighted by Gasteiger charge is -2.13. The first kappa shape index (κ1) is 31.0. The number of thiazole rings is 1. The standard InChI is InChI=1S/C48H28N4S2/c1-3-13-30(14-4-1)45-50-46(31-15-5-2-6-16-31)52-47(51-45)35-25-33-18-9-10-19-36(33)39(26-35)37-20-11-21-38-40-27-43-41(28-42(40)53-44(37)38)49-48(54-43)34-23-22-29-12-7-8-17-32(29)24-34/h1-28H. The first-order valence-corrected chi connectivity index (χ1v) is 19.5. The molecule has 4 nitrogen and oxygen atoms in total. The van der Waals surface area contributed by atoms with Crippen LogP contribution in [-0.2, 0) is 0 Å². The average Bonchev–Trinajstić information content (AvgIpc) is 3.83. The number of thiophene rings is 1. The predicted molar refractivity (Wildman–Crippen MR) is 228 cm³/mol. The fourth-order valence-electron chi connectivity index (χ4n) is 7.48. The third-order valence-corrected chi connectivity index (χ3v) is 12.4. The smallest absolute Gasteiger partial charge is 0.164 e. The Hall–Kier alpha value is -6.60. The number of nitrogens with zero attached hydrogens (tertiary/aromatic N) is 4. The van der Waals surface area contributed by atoms with Crippen LogP contribution in [-0.4, -0.2) is 19.9 Å². The van der Waals surface area contributed by atoms with Gasteiger partial charge in [0, 0.05) is 48.0 Å². The summed E-state index contributed by atoms with van der Waals surface area (Å²) in [6, 6.07) is 59.8. The Balaban J connectivity index is 1.08. The van der Waals surface area contributed by atoms with Crippen LogP contribution in [0.1, 0.15) is 0 Å². The summed E-state index contributed by atoms with van der Waals surface area (Å²) in [4.78, 5) is 20.2. The number of aromatic nitrogens is 4. The molecule has 0 aliphatic rings. The van der Waals surface area contributed by atoms with Crippen LogP contribution in [0.5, 0.6) is 0 Å². The Morgan fingerprint density at radius 2 is 0.963 bits per heavy atom.